The van der Waals surface area contributed by atoms with Gasteiger partial charge in [0, 0.05) is 38.0 Å². The third kappa shape index (κ3) is 2.44. The van der Waals surface area contributed by atoms with Crippen LogP contribution in [0.3, 0.4) is 0 Å². The summed E-state index contributed by atoms with van der Waals surface area (Å²) in [5.41, 5.74) is 7.90. The molecular formula is C15H18N4O. The minimum atomic E-state index is 0.104. The fourth-order valence-corrected chi connectivity index (χ4v) is 2.56. The summed E-state index contributed by atoms with van der Waals surface area (Å²) in [7, 11) is 0. The molecule has 0 atom stereocenters. The van der Waals surface area contributed by atoms with Crippen LogP contribution in [0, 0.1) is 0 Å². The van der Waals surface area contributed by atoms with E-state index in [1.807, 2.05) is 30.3 Å². The van der Waals surface area contributed by atoms with Crippen LogP contribution in [0.15, 0.2) is 30.3 Å². The highest BCUT2D eigenvalue weighted by Gasteiger charge is 2.16. The minimum absolute atomic E-state index is 0.104. The molecule has 2 heterocycles. The van der Waals surface area contributed by atoms with Gasteiger partial charge >= 0.3 is 0 Å². The maximum Gasteiger partial charge on any atom is 0.221 e. The van der Waals surface area contributed by atoms with Gasteiger partial charge in [0.25, 0.3) is 0 Å². The van der Waals surface area contributed by atoms with Crippen LogP contribution in [0.25, 0.3) is 10.9 Å². The van der Waals surface area contributed by atoms with Crippen LogP contribution in [-0.2, 0) is 11.3 Å². The van der Waals surface area contributed by atoms with Gasteiger partial charge in [-0.3, -0.25) is 4.79 Å². The van der Waals surface area contributed by atoms with Crippen molar-refractivity contribution in [3.8, 4) is 0 Å². The number of anilines is 1. The van der Waals surface area contributed by atoms with Crippen LogP contribution < -0.4 is 16.0 Å². The lowest BCUT2D eigenvalue weighted by Gasteiger charge is -2.22. The number of amides is 1. The zero-order valence-corrected chi connectivity index (χ0v) is 11.3. The van der Waals surface area contributed by atoms with Crippen LogP contribution in [0.2, 0.25) is 0 Å². The van der Waals surface area contributed by atoms with Gasteiger partial charge in [0.1, 0.15) is 5.82 Å². The molecule has 1 aliphatic rings. The number of pyridine rings is 1. The summed E-state index contributed by atoms with van der Waals surface area (Å²) in [4.78, 5) is 18.3. The quantitative estimate of drug-likeness (QED) is 0.854. The molecule has 0 unspecified atom stereocenters. The highest BCUT2D eigenvalue weighted by molar-refractivity contribution is 5.84. The summed E-state index contributed by atoms with van der Waals surface area (Å²) in [5.74, 6) is 1.01. The number of rotatable bonds is 2. The van der Waals surface area contributed by atoms with Crippen molar-refractivity contribution in [2.75, 3.05) is 24.5 Å². The van der Waals surface area contributed by atoms with Crippen molar-refractivity contribution in [2.45, 2.75) is 13.0 Å². The van der Waals surface area contributed by atoms with Crippen molar-refractivity contribution in [1.82, 2.24) is 10.3 Å². The first-order chi connectivity index (χ1) is 9.78. The Kier molecular flexibility index (Phi) is 3.52. The zero-order valence-electron chi connectivity index (χ0n) is 11.3. The van der Waals surface area contributed by atoms with Gasteiger partial charge in [0.2, 0.25) is 5.91 Å². The van der Waals surface area contributed by atoms with E-state index in [0.29, 0.717) is 26.1 Å². The maximum atomic E-state index is 11.4. The van der Waals surface area contributed by atoms with Gasteiger partial charge in [0.05, 0.1) is 5.52 Å². The topological polar surface area (TPSA) is 71.2 Å². The molecule has 1 fully saturated rings. The predicted molar refractivity (Wildman–Crippen MR) is 79.5 cm³/mol. The number of carbonyl (C=O) groups is 1. The Balaban J connectivity index is 2.00. The second-order valence-corrected chi connectivity index (χ2v) is 4.95. The van der Waals surface area contributed by atoms with E-state index >= 15 is 0 Å². The van der Waals surface area contributed by atoms with Crippen molar-refractivity contribution in [3.63, 3.8) is 0 Å². The van der Waals surface area contributed by atoms with Crippen molar-refractivity contribution in [2.24, 2.45) is 5.73 Å². The number of aromatic nitrogens is 1. The lowest BCUT2D eigenvalue weighted by atomic mass is 10.1. The zero-order chi connectivity index (χ0) is 13.9. The first-order valence-corrected chi connectivity index (χ1v) is 6.88. The van der Waals surface area contributed by atoms with Gasteiger partial charge in [-0.2, -0.15) is 0 Å². The SMILES string of the molecule is NCc1cc(N2CCNC(=O)CC2)nc2ccccc12. The summed E-state index contributed by atoms with van der Waals surface area (Å²) in [5, 5.41) is 3.98. The van der Waals surface area contributed by atoms with E-state index in [1.54, 1.807) is 0 Å². The molecule has 1 amide bonds. The fourth-order valence-electron chi connectivity index (χ4n) is 2.56. The van der Waals surface area contributed by atoms with Crippen LogP contribution in [0.5, 0.6) is 0 Å². The van der Waals surface area contributed by atoms with Crippen LogP contribution >= 0.6 is 0 Å². The molecule has 0 radical (unpaired) electrons. The molecule has 0 bridgehead atoms. The Labute approximate surface area is 117 Å². The smallest absolute Gasteiger partial charge is 0.221 e. The Hall–Kier alpha value is -2.14. The van der Waals surface area contributed by atoms with Crippen molar-refractivity contribution >= 4 is 22.6 Å². The highest BCUT2D eigenvalue weighted by Crippen LogP contribution is 2.23. The molecule has 0 spiro atoms. The number of carbonyl (C=O) groups excluding carboxylic acids is 1. The summed E-state index contributed by atoms with van der Waals surface area (Å²) >= 11 is 0. The number of nitrogens with one attached hydrogen (secondary N) is 1. The molecule has 1 aromatic heterocycles. The summed E-state index contributed by atoms with van der Waals surface area (Å²) in [6.07, 6.45) is 0.506. The molecule has 20 heavy (non-hydrogen) atoms. The molecule has 5 nitrogen and oxygen atoms in total. The largest absolute Gasteiger partial charge is 0.354 e. The van der Waals surface area contributed by atoms with Gasteiger partial charge in [-0.25, -0.2) is 4.98 Å². The average Bonchev–Trinajstić information content (AvgIpc) is 2.71. The summed E-state index contributed by atoms with van der Waals surface area (Å²) < 4.78 is 0. The van der Waals surface area contributed by atoms with E-state index in [9.17, 15) is 4.79 Å². The Morgan fingerprint density at radius 3 is 3.00 bits per heavy atom. The van der Waals surface area contributed by atoms with Crippen LogP contribution in [0.1, 0.15) is 12.0 Å². The average molecular weight is 270 g/mol. The molecule has 2 aromatic rings. The first kappa shape index (κ1) is 12.9. The highest BCUT2D eigenvalue weighted by atomic mass is 16.1. The Morgan fingerprint density at radius 1 is 1.30 bits per heavy atom. The second-order valence-electron chi connectivity index (χ2n) is 4.95. The van der Waals surface area contributed by atoms with Crippen LogP contribution in [0.4, 0.5) is 5.82 Å². The molecular weight excluding hydrogens is 252 g/mol. The number of hydrogen-bond acceptors (Lipinski definition) is 4. The summed E-state index contributed by atoms with van der Waals surface area (Å²) in [6.45, 7) is 2.62. The van der Waals surface area contributed by atoms with Crippen molar-refractivity contribution in [1.29, 1.82) is 0 Å². The van der Waals surface area contributed by atoms with E-state index in [0.717, 1.165) is 28.8 Å². The molecule has 3 N–H and O–H groups in total. The lowest BCUT2D eigenvalue weighted by Crippen LogP contribution is -2.29. The second kappa shape index (κ2) is 5.46. The van der Waals surface area contributed by atoms with Crippen molar-refractivity contribution in [3.05, 3.63) is 35.9 Å². The van der Waals surface area contributed by atoms with Gasteiger partial charge in [-0.15, -0.1) is 0 Å². The molecule has 3 rings (SSSR count). The van der Waals surface area contributed by atoms with E-state index in [1.165, 1.54) is 0 Å². The third-order valence-corrected chi connectivity index (χ3v) is 3.64. The number of benzene rings is 1. The fraction of sp³-hybridized carbons (Fsp3) is 0.333. The standard InChI is InChI=1S/C15H18N4O/c16-10-11-9-14(18-13-4-2-1-3-12(11)13)19-7-5-15(20)17-6-8-19/h1-4,9H,5-8,10,16H2,(H,17,20). The molecule has 104 valence electrons. The lowest BCUT2D eigenvalue weighted by molar-refractivity contribution is -0.120. The molecule has 5 heteroatoms. The number of para-hydroxylation sites is 1. The molecule has 1 saturated heterocycles. The van der Waals surface area contributed by atoms with Gasteiger partial charge in [0.15, 0.2) is 0 Å². The van der Waals surface area contributed by atoms with Gasteiger partial charge in [-0.1, -0.05) is 18.2 Å². The molecule has 1 aliphatic heterocycles. The third-order valence-electron chi connectivity index (χ3n) is 3.64. The number of fused-ring (bicyclic) bond motifs is 1. The summed E-state index contributed by atoms with van der Waals surface area (Å²) in [6, 6.07) is 10.1. The number of nitrogens with two attached hydrogens (primary N) is 1. The molecule has 1 aromatic carbocycles. The van der Waals surface area contributed by atoms with Crippen LogP contribution in [-0.4, -0.2) is 30.5 Å². The van der Waals surface area contributed by atoms with E-state index < -0.39 is 0 Å². The van der Waals surface area contributed by atoms with E-state index in [4.69, 9.17) is 10.7 Å². The molecule has 0 saturated carbocycles. The van der Waals surface area contributed by atoms with Crippen molar-refractivity contribution < 1.29 is 4.79 Å². The molecule has 0 aliphatic carbocycles. The Bertz CT molecular complexity index is 641. The normalized spacial score (nSPS) is 16.1. The minimum Gasteiger partial charge on any atom is -0.354 e. The van der Waals surface area contributed by atoms with E-state index in [2.05, 4.69) is 10.2 Å². The van der Waals surface area contributed by atoms with Gasteiger partial charge < -0.3 is 16.0 Å². The van der Waals surface area contributed by atoms with E-state index in [-0.39, 0.29) is 5.91 Å². The predicted octanol–water partition coefficient (Wildman–Crippen LogP) is 1.02. The Morgan fingerprint density at radius 2 is 2.15 bits per heavy atom. The monoisotopic (exact) mass is 270 g/mol. The van der Waals surface area contributed by atoms with Gasteiger partial charge in [-0.05, 0) is 17.7 Å². The number of hydrogen-bond donors (Lipinski definition) is 2. The maximum absolute atomic E-state index is 11.4. The first-order valence-electron chi connectivity index (χ1n) is 6.88. The number of nitrogens with zero attached hydrogens (tertiary/aromatic N) is 2.